The Hall–Kier alpha value is -3.36. The molecular weight excluding hydrogens is 428 g/mol. The smallest absolute Gasteiger partial charge is 0.323 e. The van der Waals surface area contributed by atoms with E-state index in [-0.39, 0.29) is 5.91 Å². The van der Waals surface area contributed by atoms with Crippen LogP contribution in [-0.2, 0) is 0 Å². The number of carbonyl (C=O) groups is 2. The Balaban J connectivity index is 1.37. The minimum Gasteiger partial charge on any atom is -0.352 e. The lowest BCUT2D eigenvalue weighted by Crippen LogP contribution is -2.30. The number of likely N-dealkylation sites (tertiary alicyclic amines) is 1. The summed E-state index contributed by atoms with van der Waals surface area (Å²) >= 11 is 6.07. The molecule has 3 aromatic rings. The number of hydrogen-bond donors (Lipinski definition) is 3. The number of halogens is 1. The molecule has 166 valence electrons. The Labute approximate surface area is 191 Å². The third-order valence-electron chi connectivity index (χ3n) is 5.38. The van der Waals surface area contributed by atoms with Crippen molar-refractivity contribution in [1.82, 2.24) is 20.0 Å². The van der Waals surface area contributed by atoms with Crippen LogP contribution >= 0.6 is 11.6 Å². The summed E-state index contributed by atoms with van der Waals surface area (Å²) in [6.45, 7) is 2.75. The summed E-state index contributed by atoms with van der Waals surface area (Å²) in [6, 6.07) is 13.8. The molecule has 1 aliphatic heterocycles. The Bertz CT molecular complexity index is 1120. The molecule has 1 atom stereocenters. The number of amides is 3. The molecule has 1 unspecified atom stereocenters. The van der Waals surface area contributed by atoms with Crippen molar-refractivity contribution in [2.45, 2.75) is 6.42 Å². The van der Waals surface area contributed by atoms with E-state index in [0.29, 0.717) is 34.4 Å². The van der Waals surface area contributed by atoms with Gasteiger partial charge in [0.25, 0.3) is 5.91 Å². The van der Waals surface area contributed by atoms with Gasteiger partial charge in [0.2, 0.25) is 0 Å². The second-order valence-electron chi connectivity index (χ2n) is 7.91. The molecule has 4 rings (SSSR count). The Morgan fingerprint density at radius 3 is 2.78 bits per heavy atom. The van der Waals surface area contributed by atoms with Crippen molar-refractivity contribution in [3.8, 4) is 5.69 Å². The fraction of sp³-hybridized carbons (Fsp3) is 0.261. The Morgan fingerprint density at radius 1 is 1.16 bits per heavy atom. The Kier molecular flexibility index (Phi) is 6.72. The van der Waals surface area contributed by atoms with Crippen molar-refractivity contribution in [3.63, 3.8) is 0 Å². The molecule has 0 spiro atoms. The second-order valence-corrected chi connectivity index (χ2v) is 8.32. The van der Waals surface area contributed by atoms with E-state index in [1.165, 1.54) is 6.20 Å². The van der Waals surface area contributed by atoms with Crippen molar-refractivity contribution in [3.05, 3.63) is 71.5 Å². The molecule has 0 radical (unpaired) electrons. The van der Waals surface area contributed by atoms with Gasteiger partial charge in [-0.25, -0.2) is 9.48 Å². The van der Waals surface area contributed by atoms with Crippen LogP contribution in [0.2, 0.25) is 5.02 Å². The van der Waals surface area contributed by atoms with Gasteiger partial charge < -0.3 is 20.9 Å². The normalized spacial score (nSPS) is 16.0. The molecule has 0 saturated carbocycles. The number of nitrogens with one attached hydrogen (secondary N) is 3. The average Bonchev–Trinajstić information content (AvgIpc) is 3.42. The van der Waals surface area contributed by atoms with Gasteiger partial charge in [0.15, 0.2) is 0 Å². The maximum absolute atomic E-state index is 12.6. The van der Waals surface area contributed by atoms with E-state index < -0.39 is 6.03 Å². The second kappa shape index (κ2) is 9.84. The lowest BCUT2D eigenvalue weighted by Gasteiger charge is -2.12. The third-order valence-corrected chi connectivity index (χ3v) is 5.71. The molecule has 2 aromatic carbocycles. The quantitative estimate of drug-likeness (QED) is 0.529. The fourth-order valence-corrected chi connectivity index (χ4v) is 3.88. The predicted octanol–water partition coefficient (Wildman–Crippen LogP) is 3.85. The van der Waals surface area contributed by atoms with Gasteiger partial charge in [-0.15, -0.1) is 0 Å². The highest BCUT2D eigenvalue weighted by Crippen LogP contribution is 2.21. The van der Waals surface area contributed by atoms with Crippen LogP contribution in [0.3, 0.4) is 0 Å². The van der Waals surface area contributed by atoms with Gasteiger partial charge in [0, 0.05) is 18.7 Å². The van der Waals surface area contributed by atoms with Gasteiger partial charge in [-0.2, -0.15) is 5.10 Å². The molecule has 1 aliphatic rings. The lowest BCUT2D eigenvalue weighted by atomic mass is 10.1. The SMILES string of the molecule is CN1CCC(CNC(=O)c2cccc(-n3cc(NC(=O)Nc4ccccc4Cl)cn3)c2)C1. The number of nitrogens with zero attached hydrogens (tertiary/aromatic N) is 3. The van der Waals surface area contributed by atoms with Crippen molar-refractivity contribution >= 4 is 34.9 Å². The van der Waals surface area contributed by atoms with Gasteiger partial charge in [-0.3, -0.25) is 4.79 Å². The molecule has 2 heterocycles. The molecule has 0 bridgehead atoms. The number of aromatic nitrogens is 2. The van der Waals surface area contributed by atoms with Crippen molar-refractivity contribution in [2.75, 3.05) is 37.3 Å². The van der Waals surface area contributed by atoms with Crippen LogP contribution in [0.5, 0.6) is 0 Å². The third kappa shape index (κ3) is 5.46. The van der Waals surface area contributed by atoms with Crippen LogP contribution in [0.25, 0.3) is 5.69 Å². The van der Waals surface area contributed by atoms with E-state index >= 15 is 0 Å². The first kappa shape index (κ1) is 21.9. The number of rotatable bonds is 6. The maximum Gasteiger partial charge on any atom is 0.323 e. The molecule has 3 amide bonds. The largest absolute Gasteiger partial charge is 0.352 e. The first-order chi connectivity index (χ1) is 15.5. The highest BCUT2D eigenvalue weighted by molar-refractivity contribution is 6.33. The molecule has 32 heavy (non-hydrogen) atoms. The topological polar surface area (TPSA) is 91.3 Å². The Morgan fingerprint density at radius 2 is 2.00 bits per heavy atom. The van der Waals surface area contributed by atoms with E-state index in [2.05, 4.69) is 33.0 Å². The van der Waals surface area contributed by atoms with Gasteiger partial charge >= 0.3 is 6.03 Å². The highest BCUT2D eigenvalue weighted by Gasteiger charge is 2.20. The maximum atomic E-state index is 12.6. The van der Waals surface area contributed by atoms with Crippen LogP contribution in [0.15, 0.2) is 60.9 Å². The lowest BCUT2D eigenvalue weighted by molar-refractivity contribution is 0.0947. The number of carbonyl (C=O) groups excluding carboxylic acids is 2. The zero-order chi connectivity index (χ0) is 22.5. The summed E-state index contributed by atoms with van der Waals surface area (Å²) in [7, 11) is 2.10. The van der Waals surface area contributed by atoms with Gasteiger partial charge in [0.05, 0.1) is 34.5 Å². The summed E-state index contributed by atoms with van der Waals surface area (Å²) < 4.78 is 1.60. The first-order valence-electron chi connectivity index (χ1n) is 10.4. The van der Waals surface area contributed by atoms with Crippen molar-refractivity contribution in [1.29, 1.82) is 0 Å². The highest BCUT2D eigenvalue weighted by atomic mass is 35.5. The first-order valence-corrected chi connectivity index (χ1v) is 10.8. The van der Waals surface area contributed by atoms with Gasteiger partial charge in [-0.05, 0) is 56.3 Å². The van der Waals surface area contributed by atoms with Crippen LogP contribution < -0.4 is 16.0 Å². The molecule has 1 fully saturated rings. The summed E-state index contributed by atoms with van der Waals surface area (Å²) in [5.41, 5.74) is 2.31. The predicted molar refractivity (Wildman–Crippen MR) is 126 cm³/mol. The molecule has 1 saturated heterocycles. The molecule has 1 aromatic heterocycles. The average molecular weight is 453 g/mol. The summed E-state index contributed by atoms with van der Waals surface area (Å²) in [5.74, 6) is 0.384. The van der Waals surface area contributed by atoms with Gasteiger partial charge in [-0.1, -0.05) is 29.8 Å². The molecule has 3 N–H and O–H groups in total. The zero-order valence-electron chi connectivity index (χ0n) is 17.7. The number of benzene rings is 2. The zero-order valence-corrected chi connectivity index (χ0v) is 18.5. The van der Waals surface area contributed by atoms with Crippen LogP contribution in [-0.4, -0.2) is 53.3 Å². The number of urea groups is 1. The fourth-order valence-electron chi connectivity index (χ4n) is 3.70. The van der Waals surface area contributed by atoms with E-state index in [0.717, 1.165) is 25.2 Å². The number of anilines is 2. The van der Waals surface area contributed by atoms with Gasteiger partial charge in [0.1, 0.15) is 0 Å². The number of para-hydroxylation sites is 1. The monoisotopic (exact) mass is 452 g/mol. The van der Waals surface area contributed by atoms with Crippen molar-refractivity contribution in [2.24, 2.45) is 5.92 Å². The molecular formula is C23H25ClN6O2. The van der Waals surface area contributed by atoms with Crippen LogP contribution in [0.1, 0.15) is 16.8 Å². The summed E-state index contributed by atoms with van der Waals surface area (Å²) in [5, 5.41) is 13.2. The minimum absolute atomic E-state index is 0.106. The van der Waals surface area contributed by atoms with Crippen molar-refractivity contribution < 1.29 is 9.59 Å². The minimum atomic E-state index is -0.427. The van der Waals surface area contributed by atoms with E-state index in [1.807, 2.05) is 12.1 Å². The molecule has 9 heteroatoms. The van der Waals surface area contributed by atoms with E-state index in [9.17, 15) is 9.59 Å². The number of hydrogen-bond acceptors (Lipinski definition) is 4. The summed E-state index contributed by atoms with van der Waals surface area (Å²) in [4.78, 5) is 27.1. The van der Waals surface area contributed by atoms with Crippen LogP contribution in [0, 0.1) is 5.92 Å². The summed E-state index contributed by atoms with van der Waals surface area (Å²) in [6.07, 6.45) is 4.32. The standard InChI is InChI=1S/C23H25ClN6O2/c1-29-10-9-16(14-29)12-25-22(31)17-5-4-6-19(11-17)30-15-18(13-26-30)27-23(32)28-21-8-3-2-7-20(21)24/h2-8,11,13,15-16H,9-10,12,14H2,1H3,(H,25,31)(H2,27,28,32). The molecule has 8 nitrogen and oxygen atoms in total. The van der Waals surface area contributed by atoms with E-state index in [1.54, 1.807) is 47.3 Å². The molecule has 0 aliphatic carbocycles. The van der Waals surface area contributed by atoms with E-state index in [4.69, 9.17) is 11.6 Å². The van der Waals surface area contributed by atoms with Crippen LogP contribution in [0.4, 0.5) is 16.2 Å².